The molecule has 0 amide bonds. The van der Waals surface area contributed by atoms with Crippen molar-refractivity contribution in [1.29, 1.82) is 0 Å². The molecule has 0 saturated heterocycles. The maximum Gasteiger partial charge on any atom is 0.181 e. The van der Waals surface area contributed by atoms with Crippen molar-refractivity contribution < 1.29 is 9.90 Å². The van der Waals surface area contributed by atoms with Gasteiger partial charge in [0.2, 0.25) is 0 Å². The summed E-state index contributed by atoms with van der Waals surface area (Å²) in [5.41, 5.74) is 1.99. The summed E-state index contributed by atoms with van der Waals surface area (Å²) in [6, 6.07) is 0. The summed E-state index contributed by atoms with van der Waals surface area (Å²) in [5, 5.41) is 18.0. The largest absolute Gasteiger partial charge is 0.392 e. The Morgan fingerprint density at radius 3 is 2.92 bits per heavy atom. The summed E-state index contributed by atoms with van der Waals surface area (Å²) in [4.78, 5) is 12.0. The molecule has 0 aromatic carbocycles. The molecule has 0 spiro atoms. The molecule has 0 bridgehead atoms. The molecule has 1 aliphatic carbocycles. The fourth-order valence-electron chi connectivity index (χ4n) is 3.07. The predicted molar refractivity (Wildman–Crippen MR) is 109 cm³/mol. The number of carbonyl (C=O) groups excluding carboxylic acids is 1. The van der Waals surface area contributed by atoms with Crippen LogP contribution in [-0.2, 0) is 4.79 Å². The van der Waals surface area contributed by atoms with E-state index in [2.05, 4.69) is 35.4 Å². The zero-order valence-corrected chi connectivity index (χ0v) is 15.7. The molecule has 2 aliphatic rings. The zero-order valence-electron chi connectivity index (χ0n) is 15.7. The van der Waals surface area contributed by atoms with Crippen LogP contribution in [-0.4, -0.2) is 28.9 Å². The second-order valence-corrected chi connectivity index (χ2v) is 6.76. The minimum absolute atomic E-state index is 0.0824. The lowest BCUT2D eigenvalue weighted by Crippen LogP contribution is -2.07. The summed E-state index contributed by atoms with van der Waals surface area (Å²) in [6.07, 6.45) is 22.4. The number of aliphatic hydroxyl groups is 1. The molecule has 0 aromatic rings. The number of hydrogen-bond donors (Lipinski definition) is 1. The van der Waals surface area contributed by atoms with E-state index in [9.17, 15) is 9.90 Å². The summed E-state index contributed by atoms with van der Waals surface area (Å²) < 4.78 is 0. The van der Waals surface area contributed by atoms with Crippen molar-refractivity contribution >= 4 is 17.7 Å². The highest BCUT2D eigenvalue weighted by Crippen LogP contribution is 2.26. The van der Waals surface area contributed by atoms with E-state index in [1.54, 1.807) is 6.08 Å². The molecule has 2 atom stereocenters. The fourth-order valence-corrected chi connectivity index (χ4v) is 3.07. The number of carbonyl (C=O) groups is 1. The van der Waals surface area contributed by atoms with Crippen LogP contribution in [0.25, 0.3) is 0 Å². The lowest BCUT2D eigenvalue weighted by molar-refractivity contribution is -0.111. The van der Waals surface area contributed by atoms with E-state index in [4.69, 9.17) is 0 Å². The van der Waals surface area contributed by atoms with Crippen LogP contribution in [0, 0.1) is 5.92 Å². The Labute approximate surface area is 156 Å². The molecule has 140 valence electrons. The molecule has 26 heavy (non-hydrogen) atoms. The van der Waals surface area contributed by atoms with Crippen molar-refractivity contribution in [3.63, 3.8) is 0 Å². The van der Waals surface area contributed by atoms with E-state index in [-0.39, 0.29) is 11.7 Å². The van der Waals surface area contributed by atoms with Crippen LogP contribution in [0.2, 0.25) is 0 Å². The molecular weight excluding hydrogens is 324 g/mol. The monoisotopic (exact) mass is 354 g/mol. The highest BCUT2D eigenvalue weighted by atomic mass is 16.3. The SMILES string of the molecule is CC/C=C\C[C@H](O)C/C=C1/C(=O)C=C[C@@H]1C/C=C\CCCC1=NN=CC1. The molecule has 1 aliphatic heterocycles. The van der Waals surface area contributed by atoms with Gasteiger partial charge in [0.25, 0.3) is 0 Å². The Balaban J connectivity index is 1.71. The van der Waals surface area contributed by atoms with Gasteiger partial charge in [0.05, 0.1) is 6.10 Å². The van der Waals surface area contributed by atoms with Crippen LogP contribution in [0.15, 0.2) is 58.3 Å². The third kappa shape index (κ3) is 7.04. The number of unbranched alkanes of at least 4 members (excludes halogenated alkanes) is 1. The van der Waals surface area contributed by atoms with E-state index in [1.807, 2.05) is 24.4 Å². The molecule has 0 unspecified atom stereocenters. The van der Waals surface area contributed by atoms with Gasteiger partial charge >= 0.3 is 0 Å². The second kappa shape index (κ2) is 11.5. The quantitative estimate of drug-likeness (QED) is 0.331. The smallest absolute Gasteiger partial charge is 0.181 e. The second-order valence-electron chi connectivity index (χ2n) is 6.76. The molecular formula is C22H30N2O2. The van der Waals surface area contributed by atoms with Crippen molar-refractivity contribution in [2.75, 3.05) is 0 Å². The molecule has 2 rings (SSSR count). The summed E-state index contributed by atoms with van der Waals surface area (Å²) in [5.74, 6) is 0.226. The molecule has 0 saturated carbocycles. The van der Waals surface area contributed by atoms with Crippen LogP contribution < -0.4 is 0 Å². The maximum absolute atomic E-state index is 12.0. The van der Waals surface area contributed by atoms with Gasteiger partial charge in [0.1, 0.15) is 0 Å². The van der Waals surface area contributed by atoms with Crippen molar-refractivity contribution in [1.82, 2.24) is 0 Å². The van der Waals surface area contributed by atoms with Gasteiger partial charge in [0, 0.05) is 29.8 Å². The van der Waals surface area contributed by atoms with Crippen molar-refractivity contribution in [3.05, 3.63) is 48.1 Å². The predicted octanol–water partition coefficient (Wildman–Crippen LogP) is 4.72. The summed E-state index contributed by atoms with van der Waals surface area (Å²) >= 11 is 0. The first kappa shape index (κ1) is 20.2. The van der Waals surface area contributed by atoms with Crippen LogP contribution in [0.4, 0.5) is 0 Å². The standard InChI is InChI=1S/C22H30N2O2/c1-2-3-6-11-20(25)13-14-21-18(12-15-22(21)26)9-7-4-5-8-10-19-16-17-23-24-19/h3-4,6-7,12,14-15,17-18,20,25H,2,5,8-11,13,16H2,1H3/b6-3-,7-4-,21-14+/t18-,20-/m0/s1. The van der Waals surface area contributed by atoms with Crippen molar-refractivity contribution in [3.8, 4) is 0 Å². The summed E-state index contributed by atoms with van der Waals surface area (Å²) in [6.45, 7) is 2.07. The van der Waals surface area contributed by atoms with Gasteiger partial charge in [-0.05, 0) is 51.0 Å². The van der Waals surface area contributed by atoms with Crippen LogP contribution in [0.1, 0.15) is 58.3 Å². The molecule has 4 heteroatoms. The Bertz CT molecular complexity index is 639. The topological polar surface area (TPSA) is 62.0 Å². The van der Waals surface area contributed by atoms with Gasteiger partial charge in [-0.3, -0.25) is 4.79 Å². The number of allylic oxidation sites excluding steroid dienone is 6. The minimum Gasteiger partial charge on any atom is -0.392 e. The lowest BCUT2D eigenvalue weighted by atomic mass is 9.96. The molecule has 1 heterocycles. The minimum atomic E-state index is -0.419. The van der Waals surface area contributed by atoms with E-state index in [0.29, 0.717) is 12.8 Å². The highest BCUT2D eigenvalue weighted by Gasteiger charge is 2.21. The van der Waals surface area contributed by atoms with E-state index < -0.39 is 6.10 Å². The Hall–Kier alpha value is -2.07. The first-order chi connectivity index (χ1) is 12.7. The highest BCUT2D eigenvalue weighted by molar-refractivity contribution is 6.07. The fraction of sp³-hybridized carbons (Fsp3) is 0.500. The number of aliphatic hydroxyl groups excluding tert-OH is 1. The molecule has 0 fully saturated rings. The van der Waals surface area contributed by atoms with Crippen LogP contribution in [0.3, 0.4) is 0 Å². The van der Waals surface area contributed by atoms with Crippen LogP contribution >= 0.6 is 0 Å². The van der Waals surface area contributed by atoms with Crippen molar-refractivity contribution in [2.45, 2.75) is 64.4 Å². The van der Waals surface area contributed by atoms with Gasteiger partial charge in [0.15, 0.2) is 5.78 Å². The molecule has 1 N–H and O–H groups in total. The number of hydrogen-bond acceptors (Lipinski definition) is 4. The first-order valence-electron chi connectivity index (χ1n) is 9.68. The Kier molecular flexibility index (Phi) is 8.98. The Morgan fingerprint density at radius 2 is 2.15 bits per heavy atom. The molecule has 4 nitrogen and oxygen atoms in total. The number of rotatable bonds is 11. The number of ketones is 1. The Morgan fingerprint density at radius 1 is 1.27 bits per heavy atom. The maximum atomic E-state index is 12.0. The van der Waals surface area contributed by atoms with Crippen LogP contribution in [0.5, 0.6) is 0 Å². The van der Waals surface area contributed by atoms with Gasteiger partial charge in [-0.15, -0.1) is 0 Å². The average Bonchev–Trinajstić information content (AvgIpc) is 3.26. The molecule has 0 aromatic heterocycles. The third-order valence-corrected chi connectivity index (χ3v) is 4.58. The zero-order chi connectivity index (χ0) is 18.6. The van der Waals surface area contributed by atoms with E-state index in [0.717, 1.165) is 44.1 Å². The third-order valence-electron chi connectivity index (χ3n) is 4.58. The average molecular weight is 354 g/mol. The van der Waals surface area contributed by atoms with Gasteiger partial charge < -0.3 is 5.11 Å². The van der Waals surface area contributed by atoms with Gasteiger partial charge in [-0.1, -0.05) is 43.4 Å². The van der Waals surface area contributed by atoms with E-state index >= 15 is 0 Å². The normalized spacial score (nSPS) is 22.4. The summed E-state index contributed by atoms with van der Waals surface area (Å²) in [7, 11) is 0. The van der Waals surface area contributed by atoms with Crippen molar-refractivity contribution in [2.24, 2.45) is 16.1 Å². The first-order valence-corrected chi connectivity index (χ1v) is 9.68. The lowest BCUT2D eigenvalue weighted by Gasteiger charge is -2.10. The number of nitrogens with zero attached hydrogens (tertiary/aromatic N) is 2. The van der Waals surface area contributed by atoms with Gasteiger partial charge in [-0.25, -0.2) is 0 Å². The molecule has 0 radical (unpaired) electrons. The van der Waals surface area contributed by atoms with Gasteiger partial charge in [-0.2, -0.15) is 10.2 Å². The van der Waals surface area contributed by atoms with E-state index in [1.165, 1.54) is 5.71 Å².